The van der Waals surface area contributed by atoms with E-state index in [0.29, 0.717) is 23.9 Å². The summed E-state index contributed by atoms with van der Waals surface area (Å²) in [4.78, 5) is 21.3. The topological polar surface area (TPSA) is 66.9 Å². The van der Waals surface area contributed by atoms with Crippen molar-refractivity contribution < 1.29 is 4.79 Å². The van der Waals surface area contributed by atoms with Gasteiger partial charge in [0.25, 0.3) is 5.91 Å². The summed E-state index contributed by atoms with van der Waals surface area (Å²) in [7, 11) is 0. The van der Waals surface area contributed by atoms with Crippen LogP contribution in [-0.2, 0) is 12.0 Å². The predicted octanol–water partition coefficient (Wildman–Crippen LogP) is 4.95. The van der Waals surface area contributed by atoms with E-state index in [1.54, 1.807) is 13.0 Å². The molecule has 0 unspecified atom stereocenters. The van der Waals surface area contributed by atoms with E-state index >= 15 is 0 Å². The van der Waals surface area contributed by atoms with Gasteiger partial charge < -0.3 is 10.6 Å². The lowest BCUT2D eigenvalue weighted by Gasteiger charge is -2.19. The fraction of sp³-hybridized carbons (Fsp3) is 0.261. The molecule has 5 nitrogen and oxygen atoms in total. The molecule has 0 spiro atoms. The van der Waals surface area contributed by atoms with E-state index < -0.39 is 0 Å². The molecule has 3 aromatic rings. The number of rotatable bonds is 5. The first-order chi connectivity index (χ1) is 13.3. The van der Waals surface area contributed by atoms with E-state index in [0.717, 1.165) is 11.3 Å². The number of anilines is 2. The molecule has 2 aromatic carbocycles. The maximum absolute atomic E-state index is 12.6. The highest BCUT2D eigenvalue weighted by Crippen LogP contribution is 2.23. The van der Waals surface area contributed by atoms with Crippen LogP contribution in [0.5, 0.6) is 0 Å². The van der Waals surface area contributed by atoms with Crippen molar-refractivity contribution in [1.82, 2.24) is 9.97 Å². The Balaban J connectivity index is 1.70. The maximum atomic E-state index is 12.6. The van der Waals surface area contributed by atoms with Crippen molar-refractivity contribution in [2.24, 2.45) is 0 Å². The van der Waals surface area contributed by atoms with Crippen molar-refractivity contribution in [2.75, 3.05) is 10.6 Å². The Kier molecular flexibility index (Phi) is 5.73. The molecule has 28 heavy (non-hydrogen) atoms. The molecule has 0 saturated carbocycles. The maximum Gasteiger partial charge on any atom is 0.274 e. The van der Waals surface area contributed by atoms with Gasteiger partial charge in [-0.2, -0.15) is 0 Å². The molecule has 0 fully saturated rings. The largest absolute Gasteiger partial charge is 0.366 e. The molecule has 0 aliphatic heterocycles. The van der Waals surface area contributed by atoms with E-state index in [1.165, 1.54) is 5.56 Å². The Morgan fingerprint density at radius 2 is 1.64 bits per heavy atom. The van der Waals surface area contributed by atoms with Gasteiger partial charge in [0.1, 0.15) is 17.3 Å². The van der Waals surface area contributed by atoms with E-state index in [-0.39, 0.29) is 11.3 Å². The van der Waals surface area contributed by atoms with Crippen molar-refractivity contribution in [3.05, 3.63) is 83.3 Å². The number of nitrogens with one attached hydrogen (secondary N) is 2. The van der Waals surface area contributed by atoms with Crippen LogP contribution in [0.2, 0.25) is 0 Å². The van der Waals surface area contributed by atoms with Crippen LogP contribution in [0.1, 0.15) is 48.2 Å². The van der Waals surface area contributed by atoms with Crippen molar-refractivity contribution in [3.63, 3.8) is 0 Å². The quantitative estimate of drug-likeness (QED) is 0.663. The number of aromatic nitrogens is 2. The van der Waals surface area contributed by atoms with Crippen LogP contribution in [0, 0.1) is 6.92 Å². The van der Waals surface area contributed by atoms with Crippen molar-refractivity contribution in [2.45, 2.75) is 39.7 Å². The summed E-state index contributed by atoms with van der Waals surface area (Å²) < 4.78 is 0. The van der Waals surface area contributed by atoms with Gasteiger partial charge >= 0.3 is 0 Å². The molecule has 0 saturated heterocycles. The first kappa shape index (κ1) is 19.5. The molecule has 0 radical (unpaired) electrons. The molecule has 144 valence electrons. The summed E-state index contributed by atoms with van der Waals surface area (Å²) in [5, 5.41) is 6.16. The Bertz CT molecular complexity index is 945. The number of carbonyl (C=O) groups is 1. The minimum Gasteiger partial charge on any atom is -0.366 e. The van der Waals surface area contributed by atoms with E-state index in [2.05, 4.69) is 41.4 Å². The molecular formula is C23H26N4O. The van der Waals surface area contributed by atoms with Gasteiger partial charge in [-0.25, -0.2) is 9.97 Å². The first-order valence-corrected chi connectivity index (χ1v) is 9.37. The minimum atomic E-state index is -0.253. The monoisotopic (exact) mass is 374 g/mol. The second-order valence-corrected chi connectivity index (χ2v) is 7.81. The smallest absolute Gasteiger partial charge is 0.274 e. The number of amides is 1. The van der Waals surface area contributed by atoms with Gasteiger partial charge in [-0.05, 0) is 35.6 Å². The molecule has 3 rings (SSSR count). The number of carbonyl (C=O) groups excluding carboxylic acids is 1. The summed E-state index contributed by atoms with van der Waals surface area (Å²) in [5.74, 6) is 0.924. The first-order valence-electron chi connectivity index (χ1n) is 9.37. The Morgan fingerprint density at radius 1 is 0.964 bits per heavy atom. The lowest BCUT2D eigenvalue weighted by Crippen LogP contribution is -2.16. The number of nitrogens with zero attached hydrogens (tertiary/aromatic N) is 2. The normalized spacial score (nSPS) is 11.1. The Morgan fingerprint density at radius 3 is 2.29 bits per heavy atom. The number of hydrogen-bond acceptors (Lipinski definition) is 4. The molecular weight excluding hydrogens is 348 g/mol. The highest BCUT2D eigenvalue weighted by molar-refractivity contribution is 6.03. The summed E-state index contributed by atoms with van der Waals surface area (Å²) >= 11 is 0. The van der Waals surface area contributed by atoms with Crippen molar-refractivity contribution in [1.29, 1.82) is 0 Å². The fourth-order valence-electron chi connectivity index (χ4n) is 2.81. The fourth-order valence-corrected chi connectivity index (χ4v) is 2.81. The molecule has 2 N–H and O–H groups in total. The molecule has 0 aliphatic carbocycles. The average molecular weight is 374 g/mol. The van der Waals surface area contributed by atoms with Crippen LogP contribution in [-0.4, -0.2) is 15.9 Å². The third-order valence-corrected chi connectivity index (χ3v) is 4.40. The van der Waals surface area contributed by atoms with Crippen LogP contribution in [0.3, 0.4) is 0 Å². The molecule has 1 aromatic heterocycles. The van der Waals surface area contributed by atoms with Gasteiger partial charge in [-0.15, -0.1) is 0 Å². The van der Waals surface area contributed by atoms with Crippen molar-refractivity contribution >= 4 is 17.4 Å². The lowest BCUT2D eigenvalue weighted by atomic mass is 9.87. The second-order valence-electron chi connectivity index (χ2n) is 7.81. The zero-order valence-electron chi connectivity index (χ0n) is 16.8. The third kappa shape index (κ3) is 5.16. The van der Waals surface area contributed by atoms with Crippen molar-refractivity contribution in [3.8, 4) is 0 Å². The summed E-state index contributed by atoms with van der Waals surface area (Å²) in [6, 6.07) is 19.6. The van der Waals surface area contributed by atoms with E-state index in [4.69, 9.17) is 0 Å². The number of benzene rings is 2. The SMILES string of the molecule is Cc1nc(NCc2ccccc2)cc(C(=O)Nc2ccc(C(C)(C)C)cc2)n1. The second kappa shape index (κ2) is 8.21. The van der Waals surface area contributed by atoms with E-state index in [1.807, 2.05) is 54.6 Å². The summed E-state index contributed by atoms with van der Waals surface area (Å²) in [6.07, 6.45) is 0. The summed E-state index contributed by atoms with van der Waals surface area (Å²) in [6.45, 7) is 8.89. The van der Waals surface area contributed by atoms with Gasteiger partial charge in [0.15, 0.2) is 0 Å². The average Bonchev–Trinajstić information content (AvgIpc) is 2.66. The Labute approximate surface area is 166 Å². The van der Waals surface area contributed by atoms with Gasteiger partial charge in [-0.3, -0.25) is 4.79 Å². The predicted molar refractivity (Wildman–Crippen MR) is 114 cm³/mol. The standard InChI is InChI=1S/C23H26N4O/c1-16-25-20(14-21(26-16)24-15-17-8-6-5-7-9-17)22(28)27-19-12-10-18(11-13-19)23(2,3)4/h5-14H,15H2,1-4H3,(H,27,28)(H,24,25,26). The molecule has 0 aliphatic rings. The minimum absolute atomic E-state index is 0.0750. The molecule has 1 heterocycles. The Hall–Kier alpha value is -3.21. The van der Waals surface area contributed by atoms with E-state index in [9.17, 15) is 4.79 Å². The molecule has 0 atom stereocenters. The third-order valence-electron chi connectivity index (χ3n) is 4.40. The van der Waals surface area contributed by atoms with Crippen LogP contribution >= 0.6 is 0 Å². The van der Waals surface area contributed by atoms with Crippen LogP contribution in [0.25, 0.3) is 0 Å². The van der Waals surface area contributed by atoms with Gasteiger partial charge in [0.2, 0.25) is 0 Å². The molecule has 1 amide bonds. The van der Waals surface area contributed by atoms with Gasteiger partial charge in [0.05, 0.1) is 0 Å². The molecule has 0 bridgehead atoms. The lowest BCUT2D eigenvalue weighted by molar-refractivity contribution is 0.102. The van der Waals surface area contributed by atoms with Gasteiger partial charge in [0, 0.05) is 18.3 Å². The van der Waals surface area contributed by atoms with Crippen LogP contribution < -0.4 is 10.6 Å². The zero-order valence-corrected chi connectivity index (χ0v) is 16.8. The zero-order chi connectivity index (χ0) is 20.1. The molecule has 5 heteroatoms. The van der Waals surface area contributed by atoms with Crippen LogP contribution in [0.15, 0.2) is 60.7 Å². The highest BCUT2D eigenvalue weighted by Gasteiger charge is 2.14. The number of aryl methyl sites for hydroxylation is 1. The highest BCUT2D eigenvalue weighted by atomic mass is 16.1. The summed E-state index contributed by atoms with van der Waals surface area (Å²) in [5.41, 5.74) is 3.52. The number of hydrogen-bond donors (Lipinski definition) is 2. The van der Waals surface area contributed by atoms with Crippen LogP contribution in [0.4, 0.5) is 11.5 Å². The van der Waals surface area contributed by atoms with Gasteiger partial charge in [-0.1, -0.05) is 63.2 Å².